The average Bonchev–Trinajstić information content (AvgIpc) is 2.98. The zero-order chi connectivity index (χ0) is 12.8. The van der Waals surface area contributed by atoms with E-state index in [1.165, 1.54) is 57.9 Å². The van der Waals surface area contributed by atoms with Crippen molar-refractivity contribution in [3.63, 3.8) is 0 Å². The topological polar surface area (TPSA) is 12.0 Å². The summed E-state index contributed by atoms with van der Waals surface area (Å²) in [4.78, 5) is 0. The average molecular weight is 247 g/mol. The third-order valence-corrected chi connectivity index (χ3v) is 5.03. The van der Waals surface area contributed by atoms with E-state index in [-0.39, 0.29) is 0 Å². The molecule has 2 aliphatic rings. The molecule has 1 N–H and O–H groups in total. The smallest absolute Gasteiger partial charge is 0.00866 e. The van der Waals surface area contributed by atoms with Crippen molar-refractivity contribution in [2.24, 2.45) is 17.8 Å². The molecular formula is C17H29N. The summed E-state index contributed by atoms with van der Waals surface area (Å²) in [5.74, 6) is 5.93. The predicted molar refractivity (Wildman–Crippen MR) is 78.3 cm³/mol. The quantitative estimate of drug-likeness (QED) is 0.505. The summed E-state index contributed by atoms with van der Waals surface area (Å²) in [6.45, 7) is 3.42. The molecule has 0 radical (unpaired) electrons. The lowest BCUT2D eigenvalue weighted by atomic mass is 9.83. The van der Waals surface area contributed by atoms with Gasteiger partial charge in [0, 0.05) is 12.5 Å². The van der Waals surface area contributed by atoms with E-state index >= 15 is 0 Å². The van der Waals surface area contributed by atoms with Gasteiger partial charge in [0.25, 0.3) is 0 Å². The van der Waals surface area contributed by atoms with Gasteiger partial charge in [0.15, 0.2) is 0 Å². The molecule has 4 unspecified atom stereocenters. The van der Waals surface area contributed by atoms with E-state index < -0.39 is 0 Å². The van der Waals surface area contributed by atoms with Crippen molar-refractivity contribution in [2.45, 2.75) is 70.8 Å². The highest BCUT2D eigenvalue weighted by molar-refractivity contribution is 4.92. The molecule has 0 amide bonds. The van der Waals surface area contributed by atoms with Crippen LogP contribution in [0, 0.1) is 30.1 Å². The lowest BCUT2D eigenvalue weighted by Gasteiger charge is -2.27. The Morgan fingerprint density at radius 2 is 2.22 bits per heavy atom. The van der Waals surface area contributed by atoms with Crippen LogP contribution in [-0.4, -0.2) is 12.6 Å². The summed E-state index contributed by atoms with van der Waals surface area (Å²) in [6, 6.07) is 0.725. The molecule has 0 aromatic rings. The van der Waals surface area contributed by atoms with Crippen molar-refractivity contribution in [1.29, 1.82) is 0 Å². The van der Waals surface area contributed by atoms with Gasteiger partial charge in [0.1, 0.15) is 0 Å². The van der Waals surface area contributed by atoms with Crippen molar-refractivity contribution < 1.29 is 0 Å². The van der Waals surface area contributed by atoms with Crippen molar-refractivity contribution in [3.05, 3.63) is 0 Å². The first kappa shape index (κ1) is 13.9. The van der Waals surface area contributed by atoms with Crippen molar-refractivity contribution in [3.8, 4) is 12.3 Å². The van der Waals surface area contributed by atoms with Crippen LogP contribution in [-0.2, 0) is 0 Å². The molecule has 2 aliphatic carbocycles. The highest BCUT2D eigenvalue weighted by atomic mass is 14.9. The summed E-state index contributed by atoms with van der Waals surface area (Å²) in [5.41, 5.74) is 0. The van der Waals surface area contributed by atoms with Crippen LogP contribution in [0.5, 0.6) is 0 Å². The molecule has 0 aromatic heterocycles. The monoisotopic (exact) mass is 247 g/mol. The molecule has 18 heavy (non-hydrogen) atoms. The van der Waals surface area contributed by atoms with Gasteiger partial charge in [-0.1, -0.05) is 13.3 Å². The molecular weight excluding hydrogens is 218 g/mol. The summed E-state index contributed by atoms with van der Waals surface area (Å²) in [7, 11) is 0. The standard InChI is InChI=1S/C17H29N/c1-3-5-6-7-17(18-10-4-2)13-16-12-14-8-9-15(16)11-14/h1,14-18H,4-13H2,2H3. The number of nitrogens with one attached hydrogen (secondary N) is 1. The lowest BCUT2D eigenvalue weighted by Crippen LogP contribution is -2.33. The molecule has 102 valence electrons. The molecule has 0 aliphatic heterocycles. The molecule has 0 saturated heterocycles. The van der Waals surface area contributed by atoms with Crippen LogP contribution in [0.1, 0.15) is 64.7 Å². The number of unbranched alkanes of at least 4 members (excludes halogenated alkanes) is 1. The Bertz CT molecular complexity index is 278. The molecule has 2 rings (SSSR count). The molecule has 2 saturated carbocycles. The minimum Gasteiger partial charge on any atom is -0.314 e. The normalized spacial score (nSPS) is 31.4. The first-order chi connectivity index (χ1) is 8.83. The zero-order valence-corrected chi connectivity index (χ0v) is 12.0. The van der Waals surface area contributed by atoms with Crippen LogP contribution in [0.25, 0.3) is 0 Å². The van der Waals surface area contributed by atoms with Gasteiger partial charge in [-0.05, 0) is 69.2 Å². The molecule has 0 heterocycles. The fourth-order valence-corrected chi connectivity index (χ4v) is 4.13. The third kappa shape index (κ3) is 3.75. The number of terminal acetylenes is 1. The Morgan fingerprint density at radius 1 is 1.33 bits per heavy atom. The van der Waals surface area contributed by atoms with E-state index in [4.69, 9.17) is 6.42 Å². The summed E-state index contributed by atoms with van der Waals surface area (Å²) in [5, 5.41) is 3.75. The second kappa shape index (κ2) is 7.19. The van der Waals surface area contributed by atoms with Crippen LogP contribution in [0.4, 0.5) is 0 Å². The molecule has 0 aromatic carbocycles. The SMILES string of the molecule is C#CCCCC(CC1CC2CCC1C2)NCCC. The molecule has 1 heteroatoms. The van der Waals surface area contributed by atoms with E-state index in [2.05, 4.69) is 18.2 Å². The van der Waals surface area contributed by atoms with Crippen molar-refractivity contribution in [1.82, 2.24) is 5.32 Å². The molecule has 0 spiro atoms. The Labute approximate surface area is 113 Å². The van der Waals surface area contributed by atoms with Crippen LogP contribution in [0.2, 0.25) is 0 Å². The third-order valence-electron chi connectivity index (χ3n) is 5.03. The maximum absolute atomic E-state index is 5.36. The number of hydrogen-bond donors (Lipinski definition) is 1. The zero-order valence-electron chi connectivity index (χ0n) is 12.0. The van der Waals surface area contributed by atoms with Crippen LogP contribution < -0.4 is 5.32 Å². The number of hydrogen-bond acceptors (Lipinski definition) is 1. The van der Waals surface area contributed by atoms with E-state index in [9.17, 15) is 0 Å². The van der Waals surface area contributed by atoms with Crippen LogP contribution in [0.15, 0.2) is 0 Å². The number of fused-ring (bicyclic) bond motifs is 2. The van der Waals surface area contributed by atoms with Crippen molar-refractivity contribution >= 4 is 0 Å². The first-order valence-electron chi connectivity index (χ1n) is 8.00. The summed E-state index contributed by atoms with van der Waals surface area (Å²) < 4.78 is 0. The Kier molecular flexibility index (Phi) is 5.57. The van der Waals surface area contributed by atoms with Gasteiger partial charge >= 0.3 is 0 Å². The van der Waals surface area contributed by atoms with Gasteiger partial charge in [-0.15, -0.1) is 12.3 Å². The van der Waals surface area contributed by atoms with E-state index in [1.807, 2.05) is 0 Å². The van der Waals surface area contributed by atoms with Gasteiger partial charge in [0.05, 0.1) is 0 Å². The molecule has 2 fully saturated rings. The van der Waals surface area contributed by atoms with Crippen LogP contribution >= 0.6 is 0 Å². The van der Waals surface area contributed by atoms with E-state index in [1.54, 1.807) is 0 Å². The maximum Gasteiger partial charge on any atom is 0.00866 e. The first-order valence-corrected chi connectivity index (χ1v) is 8.00. The highest BCUT2D eigenvalue weighted by Gasteiger charge is 2.39. The molecule has 2 bridgehead atoms. The summed E-state index contributed by atoms with van der Waals surface area (Å²) in [6.07, 6.45) is 17.5. The minimum absolute atomic E-state index is 0.725. The van der Waals surface area contributed by atoms with Gasteiger partial charge in [0.2, 0.25) is 0 Å². The van der Waals surface area contributed by atoms with E-state index in [0.29, 0.717) is 0 Å². The van der Waals surface area contributed by atoms with Crippen molar-refractivity contribution in [2.75, 3.05) is 6.54 Å². The largest absolute Gasteiger partial charge is 0.314 e. The van der Waals surface area contributed by atoms with Gasteiger partial charge in [-0.3, -0.25) is 0 Å². The van der Waals surface area contributed by atoms with E-state index in [0.717, 1.165) is 30.2 Å². The fourth-order valence-electron chi connectivity index (χ4n) is 4.13. The lowest BCUT2D eigenvalue weighted by molar-refractivity contribution is 0.270. The minimum atomic E-state index is 0.725. The Balaban J connectivity index is 1.75. The molecule has 1 nitrogen and oxygen atoms in total. The molecule has 4 atom stereocenters. The second-order valence-electron chi connectivity index (χ2n) is 6.42. The van der Waals surface area contributed by atoms with Gasteiger partial charge < -0.3 is 5.32 Å². The van der Waals surface area contributed by atoms with Gasteiger partial charge in [-0.25, -0.2) is 0 Å². The Morgan fingerprint density at radius 3 is 2.83 bits per heavy atom. The predicted octanol–water partition coefficient (Wildman–Crippen LogP) is 3.98. The number of rotatable bonds is 8. The van der Waals surface area contributed by atoms with Crippen LogP contribution in [0.3, 0.4) is 0 Å². The fraction of sp³-hybridized carbons (Fsp3) is 0.882. The maximum atomic E-state index is 5.36. The Hall–Kier alpha value is -0.480. The highest BCUT2D eigenvalue weighted by Crippen LogP contribution is 2.50. The second-order valence-corrected chi connectivity index (χ2v) is 6.42. The summed E-state index contributed by atoms with van der Waals surface area (Å²) >= 11 is 0. The van der Waals surface area contributed by atoms with Gasteiger partial charge in [-0.2, -0.15) is 0 Å².